The van der Waals surface area contributed by atoms with Crippen LogP contribution < -0.4 is 9.47 Å². The molecule has 0 spiro atoms. The summed E-state index contributed by atoms with van der Waals surface area (Å²) in [5.74, 6) is -0.475. The van der Waals surface area contributed by atoms with Gasteiger partial charge in [0.05, 0.1) is 23.7 Å². The smallest absolute Gasteiger partial charge is 0.349 e. The normalized spacial score (nSPS) is 15.0. The summed E-state index contributed by atoms with van der Waals surface area (Å²) in [4.78, 5) is 17.1. The molecule has 1 saturated carbocycles. The van der Waals surface area contributed by atoms with Gasteiger partial charge in [-0.15, -0.1) is 0 Å². The molecule has 4 aromatic rings. The van der Waals surface area contributed by atoms with Crippen molar-refractivity contribution in [3.05, 3.63) is 77.3 Å². The van der Waals surface area contributed by atoms with Crippen molar-refractivity contribution in [3.8, 4) is 22.9 Å². The maximum Gasteiger partial charge on any atom is 0.349 e. The fraction of sp³-hybridized carbons (Fsp3) is 0.394. The van der Waals surface area contributed by atoms with Crippen LogP contribution in [0.3, 0.4) is 0 Å². The van der Waals surface area contributed by atoms with Crippen molar-refractivity contribution in [2.75, 3.05) is 13.2 Å². The summed E-state index contributed by atoms with van der Waals surface area (Å²) in [6.45, 7) is 5.58. The summed E-state index contributed by atoms with van der Waals surface area (Å²) >= 11 is 6.16. The third-order valence-corrected chi connectivity index (χ3v) is 7.98. The molecule has 1 fully saturated rings. The van der Waals surface area contributed by atoms with Gasteiger partial charge in [0, 0.05) is 28.8 Å². The molecule has 3 aromatic carbocycles. The molecule has 1 heterocycles. The number of ether oxygens (including phenoxy) is 3. The van der Waals surface area contributed by atoms with E-state index in [0.717, 1.165) is 43.7 Å². The summed E-state index contributed by atoms with van der Waals surface area (Å²) in [5, 5.41) is 0.582. The van der Waals surface area contributed by atoms with Crippen molar-refractivity contribution in [1.29, 1.82) is 0 Å². The Kier molecular flexibility index (Phi) is 9.02. The Morgan fingerprint density at radius 2 is 1.71 bits per heavy atom. The van der Waals surface area contributed by atoms with Crippen LogP contribution in [0.5, 0.6) is 11.5 Å². The Morgan fingerprint density at radius 1 is 1.02 bits per heavy atom. The Labute approximate surface area is 249 Å². The Morgan fingerprint density at radius 3 is 2.43 bits per heavy atom. The molecule has 0 bridgehead atoms. The van der Waals surface area contributed by atoms with Crippen molar-refractivity contribution >= 4 is 28.6 Å². The van der Waals surface area contributed by atoms with Crippen LogP contribution >= 0.6 is 11.6 Å². The maximum atomic E-state index is 14.6. The highest BCUT2D eigenvalue weighted by Crippen LogP contribution is 2.39. The number of carbonyl (C=O) groups excluding carboxylic acids is 1. The summed E-state index contributed by atoms with van der Waals surface area (Å²) < 4.78 is 48.4. The number of fused-ring (bicyclic) bond motifs is 1. The second-order valence-corrected chi connectivity index (χ2v) is 11.6. The molecule has 0 N–H and O–H groups in total. The van der Waals surface area contributed by atoms with E-state index in [1.54, 1.807) is 51.1 Å². The minimum Gasteiger partial charge on any atom is -0.491 e. The first-order valence-corrected chi connectivity index (χ1v) is 14.8. The predicted molar refractivity (Wildman–Crippen MR) is 159 cm³/mol. The number of benzene rings is 3. The summed E-state index contributed by atoms with van der Waals surface area (Å²) in [5.41, 5.74) is 0.485. The Bertz CT molecular complexity index is 1550. The number of aromatic nitrogens is 2. The SMILES string of the molecule is CCOC(=O)C(C)(C)Oc1cccc(OCC(C2CCCCC2)n2c(-c3ccc(Cl)cc3)nc3cc(F)c(F)cc32)c1. The fourth-order valence-corrected chi connectivity index (χ4v) is 5.75. The zero-order chi connectivity index (χ0) is 29.9. The molecule has 6 nitrogen and oxygen atoms in total. The van der Waals surface area contributed by atoms with E-state index in [9.17, 15) is 13.6 Å². The molecule has 42 heavy (non-hydrogen) atoms. The molecule has 1 aromatic heterocycles. The third-order valence-electron chi connectivity index (χ3n) is 7.73. The number of hydrogen-bond donors (Lipinski definition) is 0. The van der Waals surface area contributed by atoms with Crippen LogP contribution in [0.2, 0.25) is 5.02 Å². The topological polar surface area (TPSA) is 62.6 Å². The van der Waals surface area contributed by atoms with Gasteiger partial charge in [0.2, 0.25) is 0 Å². The largest absolute Gasteiger partial charge is 0.491 e. The van der Waals surface area contributed by atoms with Gasteiger partial charge < -0.3 is 18.8 Å². The number of esters is 1. The van der Waals surface area contributed by atoms with E-state index in [4.69, 9.17) is 30.8 Å². The van der Waals surface area contributed by atoms with E-state index in [2.05, 4.69) is 0 Å². The van der Waals surface area contributed by atoms with Crippen molar-refractivity contribution in [1.82, 2.24) is 9.55 Å². The van der Waals surface area contributed by atoms with Gasteiger partial charge in [0.1, 0.15) is 23.9 Å². The van der Waals surface area contributed by atoms with Gasteiger partial charge in [-0.1, -0.05) is 36.9 Å². The van der Waals surface area contributed by atoms with Crippen LogP contribution in [0.25, 0.3) is 22.4 Å². The van der Waals surface area contributed by atoms with Crippen molar-refractivity contribution in [3.63, 3.8) is 0 Å². The number of halogens is 3. The molecule has 0 amide bonds. The third kappa shape index (κ3) is 6.54. The lowest BCUT2D eigenvalue weighted by molar-refractivity contribution is -0.158. The number of hydrogen-bond acceptors (Lipinski definition) is 5. The van der Waals surface area contributed by atoms with Crippen molar-refractivity contribution in [2.45, 2.75) is 64.5 Å². The Hall–Kier alpha value is -3.65. The molecule has 0 aliphatic heterocycles. The van der Waals surface area contributed by atoms with Crippen molar-refractivity contribution < 1.29 is 27.8 Å². The van der Waals surface area contributed by atoms with Gasteiger partial charge in [-0.05, 0) is 75.9 Å². The molecule has 0 saturated heterocycles. The van der Waals surface area contributed by atoms with E-state index >= 15 is 0 Å². The van der Waals surface area contributed by atoms with E-state index in [1.807, 2.05) is 22.8 Å². The van der Waals surface area contributed by atoms with E-state index in [0.29, 0.717) is 33.4 Å². The van der Waals surface area contributed by atoms with Crippen molar-refractivity contribution in [2.24, 2.45) is 5.92 Å². The fourth-order valence-electron chi connectivity index (χ4n) is 5.62. The first-order valence-electron chi connectivity index (χ1n) is 14.4. The first-order chi connectivity index (χ1) is 20.2. The monoisotopic (exact) mass is 596 g/mol. The second kappa shape index (κ2) is 12.7. The molecule has 222 valence electrons. The molecule has 1 atom stereocenters. The molecule has 0 radical (unpaired) electrons. The maximum absolute atomic E-state index is 14.6. The van der Waals surface area contributed by atoms with Gasteiger partial charge in [0.25, 0.3) is 0 Å². The summed E-state index contributed by atoms with van der Waals surface area (Å²) in [7, 11) is 0. The van der Waals surface area contributed by atoms with Gasteiger partial charge in [0.15, 0.2) is 17.2 Å². The van der Waals surface area contributed by atoms with E-state index in [-0.39, 0.29) is 25.2 Å². The van der Waals surface area contributed by atoms with Gasteiger partial charge in [-0.25, -0.2) is 18.6 Å². The molecular weight excluding hydrogens is 562 g/mol. The molecule has 1 unspecified atom stereocenters. The van der Waals surface area contributed by atoms with Gasteiger partial charge in [-0.2, -0.15) is 0 Å². The van der Waals surface area contributed by atoms with Crippen LogP contribution in [0.1, 0.15) is 58.9 Å². The number of rotatable bonds is 10. The minimum atomic E-state index is -1.18. The van der Waals surface area contributed by atoms with Crippen LogP contribution in [-0.2, 0) is 9.53 Å². The summed E-state index contributed by atoms with van der Waals surface area (Å²) in [6.07, 6.45) is 5.29. The lowest BCUT2D eigenvalue weighted by Gasteiger charge is -2.33. The average molecular weight is 597 g/mol. The molecule has 5 rings (SSSR count). The van der Waals surface area contributed by atoms with Crippen LogP contribution in [-0.4, -0.2) is 34.3 Å². The first kappa shape index (κ1) is 29.8. The zero-order valence-corrected chi connectivity index (χ0v) is 24.8. The highest BCUT2D eigenvalue weighted by molar-refractivity contribution is 6.30. The molecule has 9 heteroatoms. The number of carbonyl (C=O) groups is 1. The lowest BCUT2D eigenvalue weighted by Crippen LogP contribution is -2.39. The minimum absolute atomic E-state index is 0.216. The number of imidazole rings is 1. The highest BCUT2D eigenvalue weighted by Gasteiger charge is 2.32. The van der Waals surface area contributed by atoms with E-state index in [1.165, 1.54) is 6.07 Å². The Balaban J connectivity index is 1.51. The molecule has 1 aliphatic carbocycles. The summed E-state index contributed by atoms with van der Waals surface area (Å²) in [6, 6.07) is 16.5. The standard InChI is InChI=1S/C33H35ClF2N2O4/c1-4-40-32(39)33(2,3)42-25-12-8-11-24(17-25)41-20-30(21-9-6-5-7-10-21)38-29-19-27(36)26(35)18-28(29)37-31(38)22-13-15-23(34)16-14-22/h8,11-19,21,30H,4-7,9-10,20H2,1-3H3. The average Bonchev–Trinajstić information content (AvgIpc) is 3.32. The molecule has 1 aliphatic rings. The van der Waals surface area contributed by atoms with Gasteiger partial charge in [-0.3, -0.25) is 0 Å². The van der Waals surface area contributed by atoms with Gasteiger partial charge >= 0.3 is 5.97 Å². The zero-order valence-electron chi connectivity index (χ0n) is 24.0. The highest BCUT2D eigenvalue weighted by atomic mass is 35.5. The quantitative estimate of drug-likeness (QED) is 0.172. The second-order valence-electron chi connectivity index (χ2n) is 11.2. The predicted octanol–water partition coefficient (Wildman–Crippen LogP) is 8.56. The van der Waals surface area contributed by atoms with Crippen LogP contribution in [0.15, 0.2) is 60.7 Å². The number of nitrogens with zero attached hydrogens (tertiary/aromatic N) is 2. The van der Waals surface area contributed by atoms with E-state index < -0.39 is 23.2 Å². The lowest BCUT2D eigenvalue weighted by atomic mass is 9.83. The molecular formula is C33H35ClF2N2O4. The van der Waals surface area contributed by atoms with Crippen LogP contribution in [0, 0.1) is 17.6 Å². The van der Waals surface area contributed by atoms with Crippen LogP contribution in [0.4, 0.5) is 8.78 Å².